The van der Waals surface area contributed by atoms with Crippen molar-refractivity contribution in [3.8, 4) is 0 Å². The van der Waals surface area contributed by atoms with Crippen LogP contribution < -0.4 is 15.5 Å². The van der Waals surface area contributed by atoms with E-state index in [1.54, 1.807) is 24.4 Å². The number of benzene rings is 2. The number of nitrogens with zero attached hydrogens (tertiary/aromatic N) is 3. The van der Waals surface area contributed by atoms with Gasteiger partial charge in [0.25, 0.3) is 0 Å². The first-order valence-electron chi connectivity index (χ1n) is 11.4. The number of unbranched alkanes of at least 4 members (excludes halogenated alkanes) is 1. The summed E-state index contributed by atoms with van der Waals surface area (Å²) in [6.45, 7) is 6.83. The standard InChI is InChI=1S/C25H30N5O3PS/c1-4-6-11-27-23(26)17-9-10-19(21(34)13-17)28-24(32)29-25-30(22(31)15-35-25)20-12-16(3)7-8-18(20)14-33-5-2/h7-13,26H,4-6,14-15,34H2,1-3H3,(H,28,32)/b26-23?,27-11?,29-25-. The normalized spacial score (nSPS) is 14.8. The quantitative estimate of drug-likeness (QED) is 0.299. The predicted molar refractivity (Wildman–Crippen MR) is 149 cm³/mol. The van der Waals surface area contributed by atoms with Crippen molar-refractivity contribution < 1.29 is 14.3 Å². The highest BCUT2D eigenvalue weighted by Gasteiger charge is 2.32. The number of carbonyl (C=O) groups excluding carboxylic acids is 2. The Balaban J connectivity index is 1.80. The van der Waals surface area contributed by atoms with Gasteiger partial charge in [0.2, 0.25) is 5.91 Å². The van der Waals surface area contributed by atoms with Crippen molar-refractivity contribution in [2.75, 3.05) is 22.6 Å². The number of aryl methyl sites for hydroxylation is 1. The maximum atomic E-state index is 12.8. The second kappa shape index (κ2) is 12.7. The van der Waals surface area contributed by atoms with Crippen LogP contribution in [-0.2, 0) is 16.1 Å². The molecule has 1 heterocycles. The smallest absolute Gasteiger partial charge is 0.347 e. The Morgan fingerprint density at radius 2 is 2.09 bits per heavy atom. The van der Waals surface area contributed by atoms with Crippen LogP contribution in [0.15, 0.2) is 46.4 Å². The van der Waals surface area contributed by atoms with E-state index >= 15 is 0 Å². The molecule has 3 amide bonds. The molecule has 1 unspecified atom stereocenters. The van der Waals surface area contributed by atoms with Gasteiger partial charge in [0, 0.05) is 29.6 Å². The van der Waals surface area contributed by atoms with E-state index in [9.17, 15) is 9.59 Å². The molecular weight excluding hydrogens is 481 g/mol. The number of ether oxygens (including phenoxy) is 1. The Labute approximate surface area is 212 Å². The molecule has 0 saturated carbocycles. The van der Waals surface area contributed by atoms with E-state index < -0.39 is 6.03 Å². The van der Waals surface area contributed by atoms with Crippen LogP contribution in [0.25, 0.3) is 0 Å². The number of urea groups is 1. The minimum Gasteiger partial charge on any atom is -0.377 e. The number of anilines is 2. The molecule has 1 aliphatic heterocycles. The molecule has 0 spiro atoms. The summed E-state index contributed by atoms with van der Waals surface area (Å²) >= 11 is 1.23. The van der Waals surface area contributed by atoms with Crippen molar-refractivity contribution in [1.82, 2.24) is 0 Å². The first-order chi connectivity index (χ1) is 16.8. The molecule has 1 aliphatic rings. The molecule has 3 rings (SSSR count). The number of amidine groups is 2. The summed E-state index contributed by atoms with van der Waals surface area (Å²) in [6, 6.07) is 10.4. The van der Waals surface area contributed by atoms with E-state index in [-0.39, 0.29) is 17.5 Å². The lowest BCUT2D eigenvalue weighted by Crippen LogP contribution is -2.31. The number of hydrogen-bond donors (Lipinski definition) is 2. The molecule has 35 heavy (non-hydrogen) atoms. The van der Waals surface area contributed by atoms with Gasteiger partial charge in [-0.05, 0) is 55.4 Å². The third kappa shape index (κ3) is 7.07. The van der Waals surface area contributed by atoms with Crippen LogP contribution in [0.5, 0.6) is 0 Å². The van der Waals surface area contributed by atoms with Gasteiger partial charge >= 0.3 is 6.03 Å². The number of carbonyl (C=O) groups is 2. The third-order valence-corrected chi connectivity index (χ3v) is 6.51. The summed E-state index contributed by atoms with van der Waals surface area (Å²) < 4.78 is 5.57. The number of rotatable bonds is 8. The molecule has 184 valence electrons. The summed E-state index contributed by atoms with van der Waals surface area (Å²) in [5, 5.41) is 11.9. The van der Waals surface area contributed by atoms with Crippen molar-refractivity contribution in [2.24, 2.45) is 9.98 Å². The fourth-order valence-corrected chi connectivity index (χ4v) is 4.52. The third-order valence-electron chi connectivity index (χ3n) is 5.11. The van der Waals surface area contributed by atoms with Crippen molar-refractivity contribution >= 4 is 66.8 Å². The number of aliphatic imine (C=N–C) groups is 2. The highest BCUT2D eigenvalue weighted by Crippen LogP contribution is 2.31. The Morgan fingerprint density at radius 3 is 2.80 bits per heavy atom. The van der Waals surface area contributed by atoms with Crippen molar-refractivity contribution in [3.63, 3.8) is 0 Å². The maximum Gasteiger partial charge on any atom is 0.347 e. The van der Waals surface area contributed by atoms with Crippen LogP contribution in [0.2, 0.25) is 0 Å². The fourth-order valence-electron chi connectivity index (χ4n) is 3.31. The minimum atomic E-state index is -0.585. The lowest BCUT2D eigenvalue weighted by Gasteiger charge is -2.20. The van der Waals surface area contributed by atoms with E-state index in [2.05, 4.69) is 31.5 Å². The number of thioether (sulfide) groups is 1. The van der Waals surface area contributed by atoms with Crippen LogP contribution >= 0.6 is 21.0 Å². The van der Waals surface area contributed by atoms with Crippen molar-refractivity contribution in [3.05, 3.63) is 53.1 Å². The molecule has 2 N–H and O–H groups in total. The molecule has 10 heteroatoms. The van der Waals surface area contributed by atoms with Gasteiger partial charge in [-0.15, -0.1) is 9.24 Å². The number of hydrogen-bond acceptors (Lipinski definition) is 5. The maximum absolute atomic E-state index is 12.8. The Hall–Kier alpha value is -2.87. The molecule has 1 fully saturated rings. The van der Waals surface area contributed by atoms with Gasteiger partial charge in [-0.1, -0.05) is 37.2 Å². The van der Waals surface area contributed by atoms with E-state index in [0.717, 1.165) is 24.0 Å². The molecular formula is C25H30N5O3PS. The largest absolute Gasteiger partial charge is 0.377 e. The van der Waals surface area contributed by atoms with Crippen LogP contribution in [0, 0.1) is 12.3 Å². The zero-order chi connectivity index (χ0) is 25.4. The van der Waals surface area contributed by atoms with E-state index in [4.69, 9.17) is 10.1 Å². The number of amides is 3. The first-order valence-corrected chi connectivity index (χ1v) is 12.9. The average molecular weight is 512 g/mol. The molecule has 1 saturated heterocycles. The average Bonchev–Trinajstić information content (AvgIpc) is 3.19. The van der Waals surface area contributed by atoms with Crippen molar-refractivity contribution in [1.29, 1.82) is 5.41 Å². The molecule has 0 radical (unpaired) electrons. The predicted octanol–water partition coefficient (Wildman–Crippen LogP) is 4.90. The zero-order valence-corrected chi connectivity index (χ0v) is 22.1. The van der Waals surface area contributed by atoms with Gasteiger partial charge in [-0.25, -0.2) is 9.79 Å². The van der Waals surface area contributed by atoms with Crippen molar-refractivity contribution in [2.45, 2.75) is 40.2 Å². The lowest BCUT2D eigenvalue weighted by molar-refractivity contribution is -0.115. The van der Waals surface area contributed by atoms with Gasteiger partial charge in [0.1, 0.15) is 0 Å². The van der Waals surface area contributed by atoms with Gasteiger partial charge in [0.05, 0.1) is 18.0 Å². The highest BCUT2D eigenvalue weighted by molar-refractivity contribution is 8.15. The van der Waals surface area contributed by atoms with E-state index in [0.29, 0.717) is 40.6 Å². The Kier molecular flexibility index (Phi) is 9.72. The molecule has 0 bridgehead atoms. The van der Waals surface area contributed by atoms with Gasteiger partial charge in [0.15, 0.2) is 11.0 Å². The van der Waals surface area contributed by atoms with Gasteiger partial charge in [-0.2, -0.15) is 4.99 Å². The molecule has 2 aromatic rings. The Morgan fingerprint density at radius 1 is 1.29 bits per heavy atom. The van der Waals surface area contributed by atoms with Gasteiger partial charge < -0.3 is 10.1 Å². The fraction of sp³-hybridized carbons (Fsp3) is 0.320. The molecule has 0 aliphatic carbocycles. The highest BCUT2D eigenvalue weighted by atomic mass is 32.2. The summed E-state index contributed by atoms with van der Waals surface area (Å²) in [6.07, 6.45) is 3.52. The second-order valence-corrected chi connectivity index (χ2v) is 9.43. The first kappa shape index (κ1) is 26.7. The SMILES string of the molecule is CCCC=NC(=N)c1ccc(NC(=O)/N=C2\SCC(=O)N2c2cc(C)ccc2COCC)c(P)c1. The Bertz CT molecular complexity index is 1180. The molecule has 2 aromatic carbocycles. The monoisotopic (exact) mass is 511 g/mol. The second-order valence-electron chi connectivity index (χ2n) is 7.86. The van der Waals surface area contributed by atoms with E-state index in [1.165, 1.54) is 16.7 Å². The topological polar surface area (TPSA) is 107 Å². The van der Waals surface area contributed by atoms with E-state index in [1.807, 2.05) is 32.0 Å². The van der Waals surface area contributed by atoms with Crippen LogP contribution in [0.3, 0.4) is 0 Å². The summed E-state index contributed by atoms with van der Waals surface area (Å²) in [4.78, 5) is 35.3. The zero-order valence-electron chi connectivity index (χ0n) is 20.1. The van der Waals surface area contributed by atoms with Crippen LogP contribution in [-0.4, -0.2) is 41.5 Å². The molecule has 1 atom stereocenters. The van der Waals surface area contributed by atoms with Crippen LogP contribution in [0.1, 0.15) is 43.4 Å². The summed E-state index contributed by atoms with van der Waals surface area (Å²) in [7, 11) is 2.56. The molecule has 8 nitrogen and oxygen atoms in total. The van der Waals surface area contributed by atoms with Crippen LogP contribution in [0.4, 0.5) is 16.2 Å². The lowest BCUT2D eigenvalue weighted by atomic mass is 10.1. The summed E-state index contributed by atoms with van der Waals surface area (Å²) in [5.74, 6) is 0.235. The summed E-state index contributed by atoms with van der Waals surface area (Å²) in [5.41, 5.74) is 3.72. The molecule has 0 aromatic heterocycles. The number of nitrogens with one attached hydrogen (secondary N) is 2. The van der Waals surface area contributed by atoms with Gasteiger partial charge in [-0.3, -0.25) is 15.1 Å². The minimum absolute atomic E-state index is 0.136.